The number of H-pyrrole nitrogens is 1. The van der Waals surface area contributed by atoms with E-state index < -0.39 is 5.97 Å². The molecule has 0 aliphatic heterocycles. The Morgan fingerprint density at radius 1 is 1.19 bits per heavy atom. The van der Waals surface area contributed by atoms with Gasteiger partial charge in [0.2, 0.25) is 0 Å². The topological polar surface area (TPSA) is 53.1 Å². The van der Waals surface area contributed by atoms with Crippen LogP contribution in [-0.2, 0) is 4.79 Å². The number of carboxylic acids is 1. The van der Waals surface area contributed by atoms with E-state index in [9.17, 15) is 9.90 Å². The molecule has 1 atom stereocenters. The van der Waals surface area contributed by atoms with E-state index in [4.69, 9.17) is 11.6 Å². The van der Waals surface area contributed by atoms with E-state index in [1.165, 1.54) is 0 Å². The maximum absolute atomic E-state index is 11.2. The second-order valence-corrected chi connectivity index (χ2v) is 5.43. The van der Waals surface area contributed by atoms with Crippen LogP contribution in [0.1, 0.15) is 23.5 Å². The summed E-state index contributed by atoms with van der Waals surface area (Å²) >= 11 is 6.07. The molecule has 0 radical (unpaired) electrons. The second kappa shape index (κ2) is 5.62. The van der Waals surface area contributed by atoms with Gasteiger partial charge in [0.15, 0.2) is 0 Å². The third kappa shape index (κ3) is 2.78. The summed E-state index contributed by atoms with van der Waals surface area (Å²) in [6, 6.07) is 15.3. The van der Waals surface area contributed by atoms with Gasteiger partial charge in [-0.1, -0.05) is 41.9 Å². The molecule has 21 heavy (non-hydrogen) atoms. The molecule has 2 aromatic carbocycles. The number of aromatic amines is 1. The first-order valence-electron chi connectivity index (χ1n) is 6.68. The summed E-state index contributed by atoms with van der Waals surface area (Å²) < 4.78 is 0. The van der Waals surface area contributed by atoms with Crippen molar-refractivity contribution in [2.45, 2.75) is 12.3 Å². The Bertz CT molecular complexity index is 780. The predicted octanol–water partition coefficient (Wildman–Crippen LogP) is 4.43. The van der Waals surface area contributed by atoms with Gasteiger partial charge in [-0.3, -0.25) is 4.79 Å². The molecule has 0 aliphatic carbocycles. The summed E-state index contributed by atoms with van der Waals surface area (Å²) in [5, 5.41) is 10.8. The molecule has 2 N–H and O–H groups in total. The summed E-state index contributed by atoms with van der Waals surface area (Å²) in [7, 11) is 0. The Hall–Kier alpha value is -2.26. The van der Waals surface area contributed by atoms with Crippen LogP contribution < -0.4 is 0 Å². The summed E-state index contributed by atoms with van der Waals surface area (Å²) in [5.74, 6) is -1.02. The molecule has 106 valence electrons. The van der Waals surface area contributed by atoms with Crippen molar-refractivity contribution in [1.82, 2.24) is 4.98 Å². The van der Waals surface area contributed by atoms with E-state index in [-0.39, 0.29) is 12.3 Å². The van der Waals surface area contributed by atoms with Crippen molar-refractivity contribution in [3.8, 4) is 0 Å². The maximum atomic E-state index is 11.2. The predicted molar refractivity (Wildman–Crippen MR) is 83.8 cm³/mol. The summed E-state index contributed by atoms with van der Waals surface area (Å²) in [4.78, 5) is 14.4. The molecule has 3 aromatic rings. The van der Waals surface area contributed by atoms with Gasteiger partial charge < -0.3 is 10.1 Å². The zero-order valence-electron chi connectivity index (χ0n) is 11.2. The van der Waals surface area contributed by atoms with Crippen molar-refractivity contribution in [2.24, 2.45) is 0 Å². The van der Waals surface area contributed by atoms with E-state index in [1.54, 1.807) is 0 Å². The van der Waals surface area contributed by atoms with Crippen molar-refractivity contribution in [3.05, 3.63) is 70.9 Å². The smallest absolute Gasteiger partial charge is 0.304 e. The first-order valence-corrected chi connectivity index (χ1v) is 7.06. The third-order valence-electron chi connectivity index (χ3n) is 3.63. The minimum atomic E-state index is -0.819. The van der Waals surface area contributed by atoms with E-state index in [0.717, 1.165) is 22.0 Å². The van der Waals surface area contributed by atoms with Crippen LogP contribution in [0.15, 0.2) is 54.7 Å². The van der Waals surface area contributed by atoms with Crippen LogP contribution in [0.2, 0.25) is 5.02 Å². The average molecular weight is 300 g/mol. The first kappa shape index (κ1) is 13.7. The van der Waals surface area contributed by atoms with Crippen molar-refractivity contribution in [1.29, 1.82) is 0 Å². The Labute approximate surface area is 127 Å². The number of rotatable bonds is 4. The van der Waals surface area contributed by atoms with Gasteiger partial charge in [-0.2, -0.15) is 0 Å². The van der Waals surface area contributed by atoms with Crippen molar-refractivity contribution in [2.75, 3.05) is 0 Å². The number of hydrogen-bond acceptors (Lipinski definition) is 1. The fourth-order valence-electron chi connectivity index (χ4n) is 2.67. The molecule has 0 fully saturated rings. The van der Waals surface area contributed by atoms with Gasteiger partial charge in [0.25, 0.3) is 0 Å². The normalized spacial score (nSPS) is 12.4. The Morgan fingerprint density at radius 2 is 1.95 bits per heavy atom. The summed E-state index contributed by atoms with van der Waals surface area (Å²) in [6.45, 7) is 0. The van der Waals surface area contributed by atoms with Gasteiger partial charge in [0, 0.05) is 28.0 Å². The Morgan fingerprint density at radius 3 is 2.67 bits per heavy atom. The molecule has 0 bridgehead atoms. The van der Waals surface area contributed by atoms with Crippen LogP contribution in [-0.4, -0.2) is 16.1 Å². The van der Waals surface area contributed by atoms with Crippen LogP contribution in [0.3, 0.4) is 0 Å². The minimum Gasteiger partial charge on any atom is -0.481 e. The molecule has 4 heteroatoms. The summed E-state index contributed by atoms with van der Waals surface area (Å²) in [5.41, 5.74) is 2.91. The highest BCUT2D eigenvalue weighted by molar-refractivity contribution is 6.31. The minimum absolute atomic E-state index is 0.0451. The van der Waals surface area contributed by atoms with Crippen molar-refractivity contribution >= 4 is 28.5 Å². The van der Waals surface area contributed by atoms with Crippen molar-refractivity contribution < 1.29 is 9.90 Å². The van der Waals surface area contributed by atoms with Crippen LogP contribution in [0, 0.1) is 0 Å². The van der Waals surface area contributed by atoms with Gasteiger partial charge in [-0.15, -0.1) is 0 Å². The number of fused-ring (bicyclic) bond motifs is 1. The number of carboxylic acid groups (broad SMARTS) is 1. The zero-order valence-corrected chi connectivity index (χ0v) is 12.0. The van der Waals surface area contributed by atoms with E-state index in [0.29, 0.717) is 5.02 Å². The quantitative estimate of drug-likeness (QED) is 0.749. The molecule has 3 nitrogen and oxygen atoms in total. The molecule has 1 heterocycles. The molecule has 1 unspecified atom stereocenters. The van der Waals surface area contributed by atoms with E-state index in [1.807, 2.05) is 54.7 Å². The highest BCUT2D eigenvalue weighted by atomic mass is 35.5. The number of aromatic nitrogens is 1. The number of carbonyl (C=O) groups is 1. The lowest BCUT2D eigenvalue weighted by molar-refractivity contribution is -0.137. The number of benzene rings is 2. The van der Waals surface area contributed by atoms with E-state index in [2.05, 4.69) is 4.98 Å². The van der Waals surface area contributed by atoms with Gasteiger partial charge in [-0.05, 0) is 29.3 Å². The summed E-state index contributed by atoms with van der Waals surface area (Å²) in [6.07, 6.45) is 1.92. The molecular weight excluding hydrogens is 286 g/mol. The lowest BCUT2D eigenvalue weighted by atomic mass is 9.88. The molecule has 0 spiro atoms. The highest BCUT2D eigenvalue weighted by Gasteiger charge is 2.21. The maximum Gasteiger partial charge on any atom is 0.304 e. The number of halogens is 1. The van der Waals surface area contributed by atoms with Crippen LogP contribution in [0.25, 0.3) is 10.9 Å². The average Bonchev–Trinajstić information content (AvgIpc) is 2.88. The molecule has 0 aliphatic rings. The largest absolute Gasteiger partial charge is 0.481 e. The molecule has 0 amide bonds. The molecule has 0 saturated heterocycles. The van der Waals surface area contributed by atoms with Gasteiger partial charge in [0.1, 0.15) is 0 Å². The van der Waals surface area contributed by atoms with Gasteiger partial charge in [-0.25, -0.2) is 0 Å². The molecule has 3 rings (SSSR count). The Balaban J connectivity index is 2.14. The number of hydrogen-bond donors (Lipinski definition) is 2. The fraction of sp³-hybridized carbons (Fsp3) is 0.118. The molecular formula is C17H14ClNO2. The third-order valence-corrected chi connectivity index (χ3v) is 3.87. The lowest BCUT2D eigenvalue weighted by Crippen LogP contribution is -2.07. The van der Waals surface area contributed by atoms with E-state index >= 15 is 0 Å². The highest BCUT2D eigenvalue weighted by Crippen LogP contribution is 2.34. The number of aliphatic carboxylic acids is 1. The SMILES string of the molecule is O=C(O)CC(c1ccccc1)c1c[nH]c2ccc(Cl)cc12. The zero-order chi connectivity index (χ0) is 14.8. The van der Waals surface area contributed by atoms with Crippen LogP contribution in [0.5, 0.6) is 0 Å². The molecule has 1 aromatic heterocycles. The standard InChI is InChI=1S/C17H14ClNO2/c18-12-6-7-16-14(8-12)15(10-19-16)13(9-17(20)21)11-4-2-1-3-5-11/h1-8,10,13,19H,9H2,(H,20,21). The monoisotopic (exact) mass is 299 g/mol. The number of nitrogens with one attached hydrogen (secondary N) is 1. The Kier molecular flexibility index (Phi) is 3.67. The first-order chi connectivity index (χ1) is 10.1. The van der Waals surface area contributed by atoms with Gasteiger partial charge in [0.05, 0.1) is 6.42 Å². The second-order valence-electron chi connectivity index (χ2n) is 5.00. The van der Waals surface area contributed by atoms with Crippen LogP contribution >= 0.6 is 11.6 Å². The van der Waals surface area contributed by atoms with Crippen LogP contribution in [0.4, 0.5) is 0 Å². The van der Waals surface area contributed by atoms with Gasteiger partial charge >= 0.3 is 5.97 Å². The lowest BCUT2D eigenvalue weighted by Gasteiger charge is -2.15. The molecule has 0 saturated carbocycles. The van der Waals surface area contributed by atoms with Crippen molar-refractivity contribution in [3.63, 3.8) is 0 Å². The fourth-order valence-corrected chi connectivity index (χ4v) is 2.84.